The van der Waals surface area contributed by atoms with E-state index in [-0.39, 0.29) is 5.88 Å². The third-order valence-electron chi connectivity index (χ3n) is 2.72. The summed E-state index contributed by atoms with van der Waals surface area (Å²) in [5, 5.41) is 14.3. The van der Waals surface area contributed by atoms with Crippen LogP contribution in [0.15, 0.2) is 30.5 Å². The molecule has 0 saturated heterocycles. The fourth-order valence-corrected chi connectivity index (χ4v) is 1.83. The van der Waals surface area contributed by atoms with E-state index in [1.807, 2.05) is 31.2 Å². The van der Waals surface area contributed by atoms with Gasteiger partial charge in [-0.2, -0.15) is 5.10 Å². The Hall–Kier alpha value is -1.77. The zero-order chi connectivity index (χ0) is 12.4. The molecule has 1 heterocycles. The Kier molecular flexibility index (Phi) is 3.18. The summed E-state index contributed by atoms with van der Waals surface area (Å²) < 4.78 is 1.58. The SMILES string of the molecule is Cc1ccc(-n2ncc(CC(C)C)c2O)cc1. The van der Waals surface area contributed by atoms with E-state index in [4.69, 9.17) is 0 Å². The number of hydrogen-bond donors (Lipinski definition) is 1. The zero-order valence-electron chi connectivity index (χ0n) is 10.5. The van der Waals surface area contributed by atoms with Crippen molar-refractivity contribution in [3.8, 4) is 11.6 Å². The molecule has 3 heteroatoms. The highest BCUT2D eigenvalue weighted by atomic mass is 16.3. The van der Waals surface area contributed by atoms with Crippen LogP contribution in [0.5, 0.6) is 5.88 Å². The second-order valence-electron chi connectivity index (χ2n) is 4.84. The first-order chi connectivity index (χ1) is 8.08. The summed E-state index contributed by atoms with van der Waals surface area (Å²) in [6.07, 6.45) is 2.59. The predicted octanol–water partition coefficient (Wildman–Crippen LogP) is 3.08. The Bertz CT molecular complexity index is 497. The molecule has 1 N–H and O–H groups in total. The van der Waals surface area contributed by atoms with Crippen molar-refractivity contribution in [1.29, 1.82) is 0 Å². The van der Waals surface area contributed by atoms with Gasteiger partial charge in [0.25, 0.3) is 0 Å². The van der Waals surface area contributed by atoms with Gasteiger partial charge in [-0.3, -0.25) is 0 Å². The maximum atomic E-state index is 10.1. The van der Waals surface area contributed by atoms with Gasteiger partial charge in [0.05, 0.1) is 11.9 Å². The van der Waals surface area contributed by atoms with Crippen LogP contribution in [-0.2, 0) is 6.42 Å². The van der Waals surface area contributed by atoms with Crippen molar-refractivity contribution in [3.63, 3.8) is 0 Å². The van der Waals surface area contributed by atoms with E-state index in [1.54, 1.807) is 10.9 Å². The number of rotatable bonds is 3. The average Bonchev–Trinajstić information content (AvgIpc) is 2.61. The minimum absolute atomic E-state index is 0.252. The molecule has 0 bridgehead atoms. The molecule has 1 aromatic heterocycles. The number of aromatic hydroxyl groups is 1. The second-order valence-corrected chi connectivity index (χ2v) is 4.84. The summed E-state index contributed by atoms with van der Waals surface area (Å²) in [6, 6.07) is 7.94. The predicted molar refractivity (Wildman–Crippen MR) is 68.5 cm³/mol. The first-order valence-electron chi connectivity index (χ1n) is 5.91. The standard InChI is InChI=1S/C14H18N2O/c1-10(2)8-12-9-15-16(14(12)17)13-6-4-11(3)5-7-13/h4-7,9-10,17H,8H2,1-3H3. The molecular formula is C14H18N2O. The lowest BCUT2D eigenvalue weighted by molar-refractivity contribution is 0.424. The number of benzene rings is 1. The summed E-state index contributed by atoms with van der Waals surface area (Å²) in [4.78, 5) is 0. The van der Waals surface area contributed by atoms with E-state index < -0.39 is 0 Å². The van der Waals surface area contributed by atoms with Crippen molar-refractivity contribution in [3.05, 3.63) is 41.6 Å². The maximum absolute atomic E-state index is 10.1. The van der Waals surface area contributed by atoms with Crippen LogP contribution < -0.4 is 0 Å². The Morgan fingerprint density at radius 2 is 1.88 bits per heavy atom. The molecule has 2 rings (SSSR count). The van der Waals surface area contributed by atoms with Crippen molar-refractivity contribution in [2.75, 3.05) is 0 Å². The normalized spacial score (nSPS) is 11.1. The molecule has 0 aliphatic rings. The zero-order valence-corrected chi connectivity index (χ0v) is 10.5. The van der Waals surface area contributed by atoms with E-state index >= 15 is 0 Å². The van der Waals surface area contributed by atoms with E-state index in [0.29, 0.717) is 5.92 Å². The summed E-state index contributed by atoms with van der Waals surface area (Å²) in [6.45, 7) is 6.29. The molecule has 0 spiro atoms. The highest BCUT2D eigenvalue weighted by Gasteiger charge is 2.11. The van der Waals surface area contributed by atoms with Crippen molar-refractivity contribution < 1.29 is 5.11 Å². The second kappa shape index (κ2) is 4.62. The summed E-state index contributed by atoms with van der Waals surface area (Å²) in [7, 11) is 0. The van der Waals surface area contributed by atoms with Gasteiger partial charge >= 0.3 is 0 Å². The van der Waals surface area contributed by atoms with E-state index in [2.05, 4.69) is 18.9 Å². The minimum atomic E-state index is 0.252. The summed E-state index contributed by atoms with van der Waals surface area (Å²) in [5.74, 6) is 0.763. The van der Waals surface area contributed by atoms with Gasteiger partial charge in [0.2, 0.25) is 5.88 Å². The highest BCUT2D eigenvalue weighted by molar-refractivity contribution is 5.39. The van der Waals surface area contributed by atoms with Gasteiger partial charge in [-0.25, -0.2) is 4.68 Å². The third-order valence-corrected chi connectivity index (χ3v) is 2.72. The van der Waals surface area contributed by atoms with Crippen LogP contribution in [0.1, 0.15) is 25.0 Å². The fourth-order valence-electron chi connectivity index (χ4n) is 1.83. The average molecular weight is 230 g/mol. The van der Waals surface area contributed by atoms with Gasteiger partial charge in [-0.15, -0.1) is 0 Å². The van der Waals surface area contributed by atoms with Crippen LogP contribution in [0, 0.1) is 12.8 Å². The topological polar surface area (TPSA) is 38.0 Å². The van der Waals surface area contributed by atoms with E-state index in [1.165, 1.54) is 5.56 Å². The fraction of sp³-hybridized carbons (Fsp3) is 0.357. The molecule has 0 amide bonds. The van der Waals surface area contributed by atoms with Gasteiger partial charge < -0.3 is 5.11 Å². The molecule has 0 saturated carbocycles. The molecule has 0 aliphatic carbocycles. The highest BCUT2D eigenvalue weighted by Crippen LogP contribution is 2.23. The monoisotopic (exact) mass is 230 g/mol. The molecule has 0 unspecified atom stereocenters. The first kappa shape index (κ1) is 11.7. The number of hydrogen-bond acceptors (Lipinski definition) is 2. The Morgan fingerprint density at radius 3 is 2.47 bits per heavy atom. The van der Waals surface area contributed by atoms with Crippen LogP contribution in [0.25, 0.3) is 5.69 Å². The van der Waals surface area contributed by atoms with Crippen LogP contribution >= 0.6 is 0 Å². The lowest BCUT2D eigenvalue weighted by atomic mass is 10.1. The van der Waals surface area contributed by atoms with Crippen molar-refractivity contribution >= 4 is 0 Å². The van der Waals surface area contributed by atoms with Crippen molar-refractivity contribution in [2.24, 2.45) is 5.92 Å². The molecule has 90 valence electrons. The molecule has 2 aromatic rings. The molecule has 1 aromatic carbocycles. The van der Waals surface area contributed by atoms with Gasteiger partial charge in [0.15, 0.2) is 0 Å². The number of aromatic nitrogens is 2. The lowest BCUT2D eigenvalue weighted by Crippen LogP contribution is -1.96. The van der Waals surface area contributed by atoms with Crippen LogP contribution in [0.3, 0.4) is 0 Å². The number of nitrogens with zero attached hydrogens (tertiary/aromatic N) is 2. The molecule has 0 atom stereocenters. The molecule has 17 heavy (non-hydrogen) atoms. The smallest absolute Gasteiger partial charge is 0.217 e. The maximum Gasteiger partial charge on any atom is 0.217 e. The third kappa shape index (κ3) is 2.49. The van der Waals surface area contributed by atoms with Gasteiger partial charge in [0, 0.05) is 5.56 Å². The molecule has 3 nitrogen and oxygen atoms in total. The van der Waals surface area contributed by atoms with Crippen LogP contribution in [0.2, 0.25) is 0 Å². The molecule has 0 aliphatic heterocycles. The Balaban J connectivity index is 2.33. The lowest BCUT2D eigenvalue weighted by Gasteiger charge is -2.05. The van der Waals surface area contributed by atoms with E-state index in [9.17, 15) is 5.11 Å². The quantitative estimate of drug-likeness (QED) is 0.880. The van der Waals surface area contributed by atoms with Crippen molar-refractivity contribution in [2.45, 2.75) is 27.2 Å². The Morgan fingerprint density at radius 1 is 1.24 bits per heavy atom. The van der Waals surface area contributed by atoms with Gasteiger partial charge in [0.1, 0.15) is 0 Å². The van der Waals surface area contributed by atoms with Crippen LogP contribution in [-0.4, -0.2) is 14.9 Å². The molecule has 0 radical (unpaired) electrons. The molecular weight excluding hydrogens is 212 g/mol. The van der Waals surface area contributed by atoms with Gasteiger partial charge in [-0.05, 0) is 31.4 Å². The van der Waals surface area contributed by atoms with E-state index in [0.717, 1.165) is 17.7 Å². The largest absolute Gasteiger partial charge is 0.493 e. The van der Waals surface area contributed by atoms with Crippen molar-refractivity contribution in [1.82, 2.24) is 9.78 Å². The number of aryl methyl sites for hydroxylation is 1. The summed E-state index contributed by atoms with van der Waals surface area (Å²) in [5.41, 5.74) is 2.99. The van der Waals surface area contributed by atoms with Gasteiger partial charge in [-0.1, -0.05) is 31.5 Å². The minimum Gasteiger partial charge on any atom is -0.493 e. The van der Waals surface area contributed by atoms with Crippen LogP contribution in [0.4, 0.5) is 0 Å². The Labute approximate surface area is 102 Å². The first-order valence-corrected chi connectivity index (χ1v) is 5.91. The molecule has 0 fully saturated rings. The summed E-state index contributed by atoms with van der Waals surface area (Å²) >= 11 is 0.